The number of carbonyl (C=O) groups excluding carboxylic acids is 2. The lowest BCUT2D eigenvalue weighted by Gasteiger charge is -2.40. The largest absolute Gasteiger partial charge is 0.573 e. The van der Waals surface area contributed by atoms with Crippen LogP contribution in [0.25, 0.3) is 0 Å². The summed E-state index contributed by atoms with van der Waals surface area (Å²) in [5.74, 6) is -0.612. The van der Waals surface area contributed by atoms with Crippen molar-refractivity contribution in [1.82, 2.24) is 9.88 Å². The van der Waals surface area contributed by atoms with Gasteiger partial charge in [-0.25, -0.2) is 14.2 Å². The first-order valence-electron chi connectivity index (χ1n) is 10.9. The number of aromatic nitrogens is 1. The molecule has 1 aliphatic heterocycles. The van der Waals surface area contributed by atoms with Gasteiger partial charge < -0.3 is 19.3 Å². The van der Waals surface area contributed by atoms with Gasteiger partial charge in [-0.15, -0.1) is 13.2 Å². The Morgan fingerprint density at radius 3 is 2.42 bits per heavy atom. The van der Waals surface area contributed by atoms with Crippen LogP contribution < -0.4 is 14.1 Å². The van der Waals surface area contributed by atoms with Gasteiger partial charge in [-0.1, -0.05) is 0 Å². The fraction of sp³-hybridized carbons (Fsp3) is 0.435. The molecule has 2 amide bonds. The molecule has 1 aromatic carbocycles. The zero-order chi connectivity index (χ0) is 26.8. The van der Waals surface area contributed by atoms with E-state index in [1.54, 1.807) is 11.0 Å². The van der Waals surface area contributed by atoms with Crippen LogP contribution in [-0.2, 0) is 4.74 Å². The van der Waals surface area contributed by atoms with Crippen molar-refractivity contribution in [2.24, 2.45) is 0 Å². The van der Waals surface area contributed by atoms with E-state index in [0.717, 1.165) is 6.07 Å². The number of alkyl halides is 3. The van der Waals surface area contributed by atoms with Crippen LogP contribution in [0.3, 0.4) is 0 Å². The highest BCUT2D eigenvalue weighted by atomic mass is 79.9. The Balaban J connectivity index is 1.68. The number of hydrogen-bond donors (Lipinski definition) is 0. The monoisotopic (exact) mass is 592 g/mol. The van der Waals surface area contributed by atoms with Gasteiger partial charge in [0.2, 0.25) is 0 Å². The summed E-state index contributed by atoms with van der Waals surface area (Å²) in [5, 5.41) is 0. The Morgan fingerprint density at radius 1 is 1.17 bits per heavy atom. The maximum Gasteiger partial charge on any atom is 0.573 e. The standard InChI is InChI=1S/C23H25BrClF3N4O4/c1-14-13-30(21(34)36-22(2,3)4)9-10-31(14)19-8-5-15(12-29-19)20(33)32(25)16-6-7-17(24)18(11-16)35-23(26,27)28/h5-8,11-12,14H,9-10,13H2,1-4H3. The highest BCUT2D eigenvalue weighted by molar-refractivity contribution is 9.10. The van der Waals surface area contributed by atoms with Crippen LogP contribution in [0, 0.1) is 0 Å². The van der Waals surface area contributed by atoms with Crippen molar-refractivity contribution in [1.29, 1.82) is 0 Å². The van der Waals surface area contributed by atoms with Gasteiger partial charge in [0.05, 0.1) is 15.7 Å². The van der Waals surface area contributed by atoms with Crippen molar-refractivity contribution in [2.75, 3.05) is 29.0 Å². The number of rotatable bonds is 4. The number of halogens is 5. The molecule has 2 aromatic rings. The van der Waals surface area contributed by atoms with Gasteiger partial charge in [0.25, 0.3) is 5.91 Å². The predicted molar refractivity (Wildman–Crippen MR) is 132 cm³/mol. The van der Waals surface area contributed by atoms with Crippen molar-refractivity contribution in [3.05, 3.63) is 46.6 Å². The van der Waals surface area contributed by atoms with Crippen LogP contribution in [0.2, 0.25) is 0 Å². The fourth-order valence-electron chi connectivity index (χ4n) is 3.52. The molecule has 1 aromatic heterocycles. The normalized spacial score (nSPS) is 16.5. The quantitative estimate of drug-likeness (QED) is 0.406. The summed E-state index contributed by atoms with van der Waals surface area (Å²) in [4.78, 5) is 33.2. The minimum absolute atomic E-state index is 0.0138. The summed E-state index contributed by atoms with van der Waals surface area (Å²) in [7, 11) is 0. The Morgan fingerprint density at radius 2 is 1.86 bits per heavy atom. The molecule has 0 aliphatic carbocycles. The molecule has 3 rings (SSSR count). The van der Waals surface area contributed by atoms with Crippen molar-refractivity contribution < 1.29 is 32.2 Å². The summed E-state index contributed by atoms with van der Waals surface area (Å²) in [6.45, 7) is 8.79. The van der Waals surface area contributed by atoms with Crippen LogP contribution in [0.15, 0.2) is 41.0 Å². The van der Waals surface area contributed by atoms with Crippen molar-refractivity contribution in [3.8, 4) is 5.75 Å². The van der Waals surface area contributed by atoms with Crippen LogP contribution in [0.1, 0.15) is 38.1 Å². The molecule has 8 nitrogen and oxygen atoms in total. The van der Waals surface area contributed by atoms with E-state index in [-0.39, 0.29) is 27.9 Å². The van der Waals surface area contributed by atoms with Gasteiger partial charge in [-0.3, -0.25) is 4.79 Å². The third-order valence-electron chi connectivity index (χ3n) is 5.11. The molecular weight excluding hydrogens is 569 g/mol. The van der Waals surface area contributed by atoms with Gasteiger partial charge in [0.1, 0.15) is 17.2 Å². The third-order valence-corrected chi connectivity index (χ3v) is 6.12. The zero-order valence-corrected chi connectivity index (χ0v) is 22.3. The average molecular weight is 594 g/mol. The minimum atomic E-state index is -4.91. The summed E-state index contributed by atoms with van der Waals surface area (Å²) < 4.78 is 48.0. The topological polar surface area (TPSA) is 75.2 Å². The summed E-state index contributed by atoms with van der Waals surface area (Å²) in [6, 6.07) is 6.77. The van der Waals surface area contributed by atoms with Gasteiger partial charge >= 0.3 is 12.5 Å². The molecule has 196 valence electrons. The molecule has 36 heavy (non-hydrogen) atoms. The molecule has 1 atom stereocenters. The van der Waals surface area contributed by atoms with Gasteiger partial charge in [0.15, 0.2) is 0 Å². The molecule has 0 saturated carbocycles. The van der Waals surface area contributed by atoms with E-state index in [2.05, 4.69) is 25.7 Å². The summed E-state index contributed by atoms with van der Waals surface area (Å²) >= 11 is 9.11. The predicted octanol–water partition coefficient (Wildman–Crippen LogP) is 5.99. The number of ether oxygens (including phenoxy) is 2. The van der Waals surface area contributed by atoms with Crippen LogP contribution in [0.4, 0.5) is 29.5 Å². The summed E-state index contributed by atoms with van der Waals surface area (Å²) in [6.07, 6.45) is -3.94. The van der Waals surface area contributed by atoms with E-state index < -0.39 is 23.6 Å². The second-order valence-corrected chi connectivity index (χ2v) is 10.3. The van der Waals surface area contributed by atoms with Crippen molar-refractivity contribution in [2.45, 2.75) is 45.7 Å². The molecule has 0 radical (unpaired) electrons. The Labute approximate surface area is 220 Å². The number of anilines is 2. The molecule has 0 spiro atoms. The lowest BCUT2D eigenvalue weighted by atomic mass is 10.1. The lowest BCUT2D eigenvalue weighted by molar-refractivity contribution is -0.274. The van der Waals surface area contributed by atoms with E-state index in [0.29, 0.717) is 29.9 Å². The van der Waals surface area contributed by atoms with Gasteiger partial charge in [-0.2, -0.15) is 0 Å². The molecule has 0 bridgehead atoms. The molecule has 1 saturated heterocycles. The van der Waals surface area contributed by atoms with Crippen molar-refractivity contribution in [3.63, 3.8) is 0 Å². The number of nitrogens with zero attached hydrogens (tertiary/aromatic N) is 4. The maximum atomic E-state index is 12.8. The van der Waals surface area contributed by atoms with Gasteiger partial charge in [0, 0.05) is 49.7 Å². The van der Waals surface area contributed by atoms with Gasteiger partial charge in [-0.05, 0) is 67.9 Å². The minimum Gasteiger partial charge on any atom is -0.444 e. The lowest BCUT2D eigenvalue weighted by Crippen LogP contribution is -2.54. The van der Waals surface area contributed by atoms with Crippen molar-refractivity contribution >= 4 is 51.2 Å². The first-order chi connectivity index (χ1) is 16.6. The second kappa shape index (κ2) is 10.7. The molecule has 1 fully saturated rings. The molecule has 1 aliphatic rings. The number of hydrogen-bond acceptors (Lipinski definition) is 6. The number of carbonyl (C=O) groups is 2. The number of piperazine rings is 1. The Hall–Kier alpha value is -2.73. The molecule has 0 N–H and O–H groups in total. The molecular formula is C23H25BrClF3N4O4. The molecule has 2 heterocycles. The first-order valence-corrected chi connectivity index (χ1v) is 12.0. The zero-order valence-electron chi connectivity index (χ0n) is 20.0. The van der Waals surface area contributed by atoms with Crippen LogP contribution >= 0.6 is 27.7 Å². The third kappa shape index (κ3) is 7.16. The highest BCUT2D eigenvalue weighted by Crippen LogP contribution is 2.35. The molecule has 13 heteroatoms. The van der Waals surface area contributed by atoms with E-state index >= 15 is 0 Å². The smallest absolute Gasteiger partial charge is 0.444 e. The van der Waals surface area contributed by atoms with E-state index in [9.17, 15) is 22.8 Å². The highest BCUT2D eigenvalue weighted by Gasteiger charge is 2.33. The number of amides is 2. The molecule has 1 unspecified atom stereocenters. The van der Waals surface area contributed by atoms with E-state index in [4.69, 9.17) is 16.5 Å². The number of pyridine rings is 1. The van der Waals surface area contributed by atoms with Crippen LogP contribution in [-0.4, -0.2) is 59.5 Å². The van der Waals surface area contributed by atoms with E-state index in [1.165, 1.54) is 24.4 Å². The average Bonchev–Trinajstić information content (AvgIpc) is 2.77. The van der Waals surface area contributed by atoms with E-state index in [1.807, 2.05) is 32.6 Å². The van der Waals surface area contributed by atoms with Crippen LogP contribution in [0.5, 0.6) is 5.75 Å². The Bertz CT molecular complexity index is 1110. The SMILES string of the molecule is CC1CN(C(=O)OC(C)(C)C)CCN1c1ccc(C(=O)N(Cl)c2ccc(Br)c(OC(F)(F)F)c2)cn1. The second-order valence-electron chi connectivity index (χ2n) is 9.12. The number of benzene rings is 1. The Kier molecular flexibility index (Phi) is 8.29. The summed E-state index contributed by atoms with van der Waals surface area (Å²) in [5.41, 5.74) is -0.462. The maximum absolute atomic E-state index is 12.8. The first kappa shape index (κ1) is 27.9. The fourth-order valence-corrected chi connectivity index (χ4v) is 4.05.